The summed E-state index contributed by atoms with van der Waals surface area (Å²) in [5.41, 5.74) is 0.0493. The molecular weight excluding hydrogens is 391 g/mol. The average Bonchev–Trinajstić information content (AvgIpc) is 2.27. The van der Waals surface area contributed by atoms with Gasteiger partial charge in [0.25, 0.3) is 0 Å². The van der Waals surface area contributed by atoms with Crippen LogP contribution in [-0.2, 0) is 0 Å². The quantitative estimate of drug-likeness (QED) is 0.503. The Labute approximate surface area is 103 Å². The number of rotatable bonds is 2. The van der Waals surface area contributed by atoms with Crippen LogP contribution in [0.1, 0.15) is 5.56 Å². The van der Waals surface area contributed by atoms with E-state index in [1.54, 1.807) is 0 Å². The van der Waals surface area contributed by atoms with E-state index in [2.05, 4.69) is 31.9 Å². The van der Waals surface area contributed by atoms with Gasteiger partial charge in [0.15, 0.2) is 0 Å². The fraction of sp³-hybridized carbons (Fsp3) is 0. The summed E-state index contributed by atoms with van der Waals surface area (Å²) in [4.78, 5) is 0. The predicted octanol–water partition coefficient (Wildman–Crippen LogP) is 6.50. The van der Waals surface area contributed by atoms with Gasteiger partial charge in [-0.15, -0.1) is 0 Å². The second-order valence-electron chi connectivity index (χ2n) is 2.63. The first-order valence-corrected chi connectivity index (χ1v) is 7.77. The Bertz CT molecular complexity index is 417. The van der Waals surface area contributed by atoms with Gasteiger partial charge in [0.05, 0.1) is 5.41 Å². The maximum Gasteiger partial charge on any atom is 0.305 e. The molecule has 0 saturated carbocycles. The van der Waals surface area contributed by atoms with Crippen molar-refractivity contribution in [3.63, 3.8) is 0 Å². The van der Waals surface area contributed by atoms with Gasteiger partial charge in [-0.3, -0.25) is 0 Å². The molecule has 0 spiro atoms. The molecule has 0 saturated heterocycles. The average molecular weight is 394 g/mol. The molecule has 88 valence electrons. The molecule has 0 aromatic carbocycles. The standard InChI is InChI=1S/C6H3Br2F5S2/c7-5-2-14-1-4(5)6(8)3-15(9,10,11,12)13/h1-3H/b6-3+. The van der Waals surface area contributed by atoms with E-state index in [-0.39, 0.29) is 5.56 Å². The molecule has 1 aromatic rings. The van der Waals surface area contributed by atoms with Gasteiger partial charge in [-0.1, -0.05) is 19.4 Å². The van der Waals surface area contributed by atoms with Crippen molar-refractivity contribution < 1.29 is 19.4 Å². The Hall–Kier alpha value is 0.400. The molecule has 0 atom stereocenters. The van der Waals surface area contributed by atoms with Gasteiger partial charge in [0.1, 0.15) is 0 Å². The zero-order valence-corrected chi connectivity index (χ0v) is 11.5. The topological polar surface area (TPSA) is 0 Å². The molecule has 9 heteroatoms. The highest BCUT2D eigenvalue weighted by atomic mass is 79.9. The van der Waals surface area contributed by atoms with Gasteiger partial charge in [-0.05, 0) is 31.9 Å². The van der Waals surface area contributed by atoms with Crippen LogP contribution in [0.25, 0.3) is 4.48 Å². The maximum absolute atomic E-state index is 12.1. The number of hydrogen-bond donors (Lipinski definition) is 0. The summed E-state index contributed by atoms with van der Waals surface area (Å²) in [7, 11) is -9.52. The van der Waals surface area contributed by atoms with E-state index < -0.39 is 20.1 Å². The normalized spacial score (nSPS) is 18.5. The van der Waals surface area contributed by atoms with Crippen LogP contribution in [-0.4, -0.2) is 0 Å². The summed E-state index contributed by atoms with van der Waals surface area (Å²) < 4.78 is 60.0. The number of hydrogen-bond acceptors (Lipinski definition) is 1. The van der Waals surface area contributed by atoms with E-state index in [0.29, 0.717) is 4.47 Å². The first-order chi connectivity index (χ1) is 6.38. The third-order valence-electron chi connectivity index (χ3n) is 1.20. The van der Waals surface area contributed by atoms with Crippen LogP contribution in [0.3, 0.4) is 0 Å². The molecule has 1 rings (SSSR count). The van der Waals surface area contributed by atoms with Crippen molar-refractivity contribution in [1.82, 2.24) is 0 Å². The highest BCUT2D eigenvalue weighted by Gasteiger charge is 2.61. The maximum atomic E-state index is 12.1. The lowest BCUT2D eigenvalue weighted by atomic mass is 10.3. The van der Waals surface area contributed by atoms with E-state index in [0.717, 1.165) is 11.3 Å². The number of thiophene rings is 1. The van der Waals surface area contributed by atoms with E-state index in [4.69, 9.17) is 0 Å². The summed E-state index contributed by atoms with van der Waals surface area (Å²) in [5.74, 6) is 0. The van der Waals surface area contributed by atoms with E-state index >= 15 is 0 Å². The monoisotopic (exact) mass is 392 g/mol. The summed E-state index contributed by atoms with van der Waals surface area (Å²) in [6.45, 7) is 0. The first-order valence-electron chi connectivity index (χ1n) is 3.22. The fourth-order valence-electron chi connectivity index (χ4n) is 0.711. The van der Waals surface area contributed by atoms with Crippen LogP contribution in [0.2, 0.25) is 0 Å². The second kappa shape index (κ2) is 3.21. The Morgan fingerprint density at radius 2 is 1.73 bits per heavy atom. The smallest absolute Gasteiger partial charge is 0.151 e. The molecule has 0 bridgehead atoms. The highest BCUT2D eigenvalue weighted by Crippen LogP contribution is 2.99. The van der Waals surface area contributed by atoms with Crippen molar-refractivity contribution in [1.29, 1.82) is 0 Å². The Balaban J connectivity index is 3.24. The molecule has 0 N–H and O–H groups in total. The van der Waals surface area contributed by atoms with Gasteiger partial charge < -0.3 is 0 Å². The van der Waals surface area contributed by atoms with E-state index in [9.17, 15) is 19.4 Å². The van der Waals surface area contributed by atoms with Crippen molar-refractivity contribution in [3.05, 3.63) is 26.2 Å². The van der Waals surface area contributed by atoms with Gasteiger partial charge >= 0.3 is 10.2 Å². The summed E-state index contributed by atoms with van der Waals surface area (Å²) >= 11 is 6.54. The van der Waals surface area contributed by atoms with Crippen molar-refractivity contribution in [2.75, 3.05) is 0 Å². The van der Waals surface area contributed by atoms with E-state index in [1.165, 1.54) is 10.8 Å². The molecule has 0 unspecified atom stereocenters. The van der Waals surface area contributed by atoms with Gasteiger partial charge in [0, 0.05) is 25.3 Å². The molecule has 15 heavy (non-hydrogen) atoms. The van der Waals surface area contributed by atoms with Crippen LogP contribution in [0.15, 0.2) is 20.6 Å². The summed E-state index contributed by atoms with van der Waals surface area (Å²) in [6.07, 6.45) is 0. The predicted molar refractivity (Wildman–Crippen MR) is 62.1 cm³/mol. The lowest BCUT2D eigenvalue weighted by Crippen LogP contribution is -2.00. The van der Waals surface area contributed by atoms with Crippen LogP contribution < -0.4 is 0 Å². The minimum absolute atomic E-state index is 0.0493. The van der Waals surface area contributed by atoms with Crippen LogP contribution in [0.5, 0.6) is 0 Å². The Morgan fingerprint density at radius 1 is 1.20 bits per heavy atom. The van der Waals surface area contributed by atoms with Crippen molar-refractivity contribution in [2.45, 2.75) is 0 Å². The number of halogens is 7. The lowest BCUT2D eigenvalue weighted by Gasteiger charge is -2.37. The van der Waals surface area contributed by atoms with Crippen molar-refractivity contribution in [2.24, 2.45) is 0 Å². The van der Waals surface area contributed by atoms with Crippen LogP contribution >= 0.6 is 53.4 Å². The van der Waals surface area contributed by atoms with Gasteiger partial charge in [0.2, 0.25) is 0 Å². The minimum Gasteiger partial charge on any atom is -0.151 e. The second-order valence-corrected chi connectivity index (χ2v) is 7.37. The highest BCUT2D eigenvalue weighted by molar-refractivity contribution is 9.15. The van der Waals surface area contributed by atoms with Gasteiger partial charge in [-0.25, -0.2) is 0 Å². The van der Waals surface area contributed by atoms with Crippen molar-refractivity contribution >= 4 is 57.9 Å². The van der Waals surface area contributed by atoms with Gasteiger partial charge in [-0.2, -0.15) is 11.3 Å². The fourth-order valence-corrected chi connectivity index (χ4v) is 4.54. The largest absolute Gasteiger partial charge is 0.305 e. The Morgan fingerprint density at radius 3 is 2.07 bits per heavy atom. The molecule has 0 radical (unpaired) electrons. The molecule has 1 heterocycles. The molecular formula is C6H3Br2F5S2. The van der Waals surface area contributed by atoms with Crippen LogP contribution in [0.4, 0.5) is 19.4 Å². The third-order valence-corrected chi connectivity index (χ3v) is 4.54. The zero-order chi connectivity index (χ0) is 12.0. The Kier molecular flexibility index (Phi) is 2.88. The van der Waals surface area contributed by atoms with Crippen LogP contribution in [0, 0.1) is 0 Å². The summed E-state index contributed by atoms with van der Waals surface area (Å²) in [5, 5.41) is 1.87. The first kappa shape index (κ1) is 13.5. The molecule has 0 nitrogen and oxygen atoms in total. The zero-order valence-electron chi connectivity index (χ0n) is 6.69. The molecule has 0 amide bonds. The molecule has 0 aliphatic carbocycles. The molecule has 0 aliphatic heterocycles. The minimum atomic E-state index is -9.52. The lowest BCUT2D eigenvalue weighted by molar-refractivity contribution is 0.385. The van der Waals surface area contributed by atoms with Crippen molar-refractivity contribution in [3.8, 4) is 0 Å². The molecule has 0 aliphatic rings. The van der Waals surface area contributed by atoms with E-state index in [1.807, 2.05) is 0 Å². The SMILES string of the molecule is FS(F)(F)(F)(F)/C=C(/Br)c1cscc1Br. The third kappa shape index (κ3) is 4.83. The molecule has 1 aromatic heterocycles. The molecule has 0 fully saturated rings. The summed E-state index contributed by atoms with van der Waals surface area (Å²) in [6, 6.07) is 0.